The first-order chi connectivity index (χ1) is 15.5. The van der Waals surface area contributed by atoms with E-state index in [1.807, 2.05) is 45.7 Å². The fraction of sp³-hybridized carbons (Fsp3) is 0.652. The number of H-pyrrole nitrogens is 1. The maximum Gasteiger partial charge on any atom is 0.410 e. The lowest BCUT2D eigenvalue weighted by Crippen LogP contribution is -2.42. The molecule has 0 bridgehead atoms. The van der Waals surface area contributed by atoms with Gasteiger partial charge in [-0.1, -0.05) is 11.6 Å². The lowest BCUT2D eigenvalue weighted by Gasteiger charge is -2.40. The van der Waals surface area contributed by atoms with Gasteiger partial charge in [0.1, 0.15) is 10.6 Å². The SMILES string of the molecule is Cc1cc(Nc2nc(N(C)C3CCC4(CC3)CCN(C(=O)OC(C)(C)C)C4)ncc2Cl)n[nH]1. The number of likely N-dealkylation sites (tertiary alicyclic amines) is 1. The van der Waals surface area contributed by atoms with Crippen molar-refractivity contribution in [2.75, 3.05) is 30.4 Å². The summed E-state index contributed by atoms with van der Waals surface area (Å²) in [7, 11) is 2.04. The number of hydrogen-bond acceptors (Lipinski definition) is 7. The van der Waals surface area contributed by atoms with Crippen LogP contribution < -0.4 is 10.2 Å². The van der Waals surface area contributed by atoms with Crippen LogP contribution in [0, 0.1) is 12.3 Å². The maximum atomic E-state index is 12.5. The first kappa shape index (κ1) is 23.6. The zero-order chi connectivity index (χ0) is 23.8. The number of aromatic amines is 1. The first-order valence-electron chi connectivity index (χ1n) is 11.6. The van der Waals surface area contributed by atoms with Crippen LogP contribution in [0.15, 0.2) is 12.3 Å². The number of aromatic nitrogens is 4. The molecule has 4 rings (SSSR count). The zero-order valence-corrected chi connectivity index (χ0v) is 20.9. The summed E-state index contributed by atoms with van der Waals surface area (Å²) in [5, 5.41) is 10.7. The highest BCUT2D eigenvalue weighted by Crippen LogP contribution is 2.45. The molecule has 33 heavy (non-hydrogen) atoms. The van der Waals surface area contributed by atoms with Crippen LogP contribution in [0.3, 0.4) is 0 Å². The molecule has 0 atom stereocenters. The van der Waals surface area contributed by atoms with Crippen molar-refractivity contribution in [2.24, 2.45) is 5.41 Å². The van der Waals surface area contributed by atoms with Crippen LogP contribution >= 0.6 is 11.6 Å². The van der Waals surface area contributed by atoms with Crippen LogP contribution in [0.2, 0.25) is 5.02 Å². The Kier molecular flexibility index (Phi) is 6.44. The molecule has 1 saturated heterocycles. The highest BCUT2D eigenvalue weighted by atomic mass is 35.5. The van der Waals surface area contributed by atoms with E-state index >= 15 is 0 Å². The number of nitrogens with zero attached hydrogens (tertiary/aromatic N) is 5. The minimum absolute atomic E-state index is 0.194. The quantitative estimate of drug-likeness (QED) is 0.647. The molecule has 2 fully saturated rings. The Morgan fingerprint density at radius 2 is 2.06 bits per heavy atom. The standard InChI is InChI=1S/C23H34ClN7O2/c1-15-12-18(29-28-15)26-19-17(24)13-25-20(27-19)30(5)16-6-8-23(9-7-16)10-11-31(14-23)21(32)33-22(2,3)4/h12-13,16H,6-11,14H2,1-5H3,(H2,25,26,27,28,29). The number of amides is 1. The molecule has 1 saturated carbocycles. The predicted octanol–water partition coefficient (Wildman–Crippen LogP) is 4.91. The van der Waals surface area contributed by atoms with Gasteiger partial charge in [0.05, 0.1) is 6.20 Å². The van der Waals surface area contributed by atoms with E-state index in [9.17, 15) is 4.79 Å². The number of aryl methyl sites for hydroxylation is 1. The normalized spacial score (nSPS) is 23.1. The summed E-state index contributed by atoms with van der Waals surface area (Å²) in [5.41, 5.74) is 0.683. The molecule has 1 aliphatic heterocycles. The number of halogens is 1. The van der Waals surface area contributed by atoms with E-state index in [-0.39, 0.29) is 11.5 Å². The van der Waals surface area contributed by atoms with Crippen molar-refractivity contribution < 1.29 is 9.53 Å². The molecule has 2 aliphatic rings. The van der Waals surface area contributed by atoms with Crippen molar-refractivity contribution in [1.82, 2.24) is 25.1 Å². The maximum absolute atomic E-state index is 12.5. The Balaban J connectivity index is 1.36. The Hall–Kier alpha value is -2.55. The molecule has 1 aliphatic carbocycles. The fourth-order valence-corrected chi connectivity index (χ4v) is 4.95. The van der Waals surface area contributed by atoms with Gasteiger partial charge in [-0.3, -0.25) is 5.10 Å². The van der Waals surface area contributed by atoms with Crippen molar-refractivity contribution in [3.8, 4) is 0 Å². The van der Waals surface area contributed by atoms with Gasteiger partial charge in [0.2, 0.25) is 5.95 Å². The van der Waals surface area contributed by atoms with Crippen molar-refractivity contribution in [3.05, 3.63) is 23.0 Å². The molecule has 0 aromatic carbocycles. The minimum atomic E-state index is -0.463. The highest BCUT2D eigenvalue weighted by molar-refractivity contribution is 6.32. The second kappa shape index (κ2) is 9.00. The van der Waals surface area contributed by atoms with Gasteiger partial charge in [-0.2, -0.15) is 10.1 Å². The third-order valence-corrected chi connectivity index (χ3v) is 6.93. The molecule has 0 radical (unpaired) electrons. The smallest absolute Gasteiger partial charge is 0.410 e. The topological polar surface area (TPSA) is 99.3 Å². The predicted molar refractivity (Wildman–Crippen MR) is 129 cm³/mol. The summed E-state index contributed by atoms with van der Waals surface area (Å²) in [6.45, 7) is 9.23. The van der Waals surface area contributed by atoms with Crippen LogP contribution in [0.5, 0.6) is 0 Å². The van der Waals surface area contributed by atoms with Crippen molar-refractivity contribution >= 4 is 35.3 Å². The van der Waals surface area contributed by atoms with Crippen LogP contribution in [0.4, 0.5) is 22.4 Å². The first-order valence-corrected chi connectivity index (χ1v) is 11.9. The second-order valence-corrected chi connectivity index (χ2v) is 10.8. The van der Waals surface area contributed by atoms with E-state index in [0.717, 1.165) is 50.9 Å². The highest BCUT2D eigenvalue weighted by Gasteiger charge is 2.44. The van der Waals surface area contributed by atoms with Crippen LogP contribution in [-0.4, -0.2) is 62.9 Å². The van der Waals surface area contributed by atoms with E-state index in [2.05, 4.69) is 30.4 Å². The summed E-state index contributed by atoms with van der Waals surface area (Å²) >= 11 is 6.32. The molecule has 3 heterocycles. The zero-order valence-electron chi connectivity index (χ0n) is 20.1. The number of rotatable bonds is 4. The van der Waals surface area contributed by atoms with Crippen LogP contribution in [0.25, 0.3) is 0 Å². The largest absolute Gasteiger partial charge is 0.444 e. The molecule has 0 unspecified atom stereocenters. The number of carbonyl (C=O) groups is 1. The number of nitrogens with one attached hydrogen (secondary N) is 2. The molecular weight excluding hydrogens is 442 g/mol. The molecule has 180 valence electrons. The van der Waals surface area contributed by atoms with Crippen molar-refractivity contribution in [3.63, 3.8) is 0 Å². The molecule has 10 heteroatoms. The summed E-state index contributed by atoms with van der Waals surface area (Å²) in [6, 6.07) is 2.23. The summed E-state index contributed by atoms with van der Waals surface area (Å²) < 4.78 is 5.58. The van der Waals surface area contributed by atoms with E-state index in [0.29, 0.717) is 28.6 Å². The molecule has 1 spiro atoms. The van der Waals surface area contributed by atoms with E-state index in [1.54, 1.807) is 6.20 Å². The lowest BCUT2D eigenvalue weighted by atomic mass is 9.72. The van der Waals surface area contributed by atoms with E-state index < -0.39 is 5.60 Å². The molecule has 2 N–H and O–H groups in total. The van der Waals surface area contributed by atoms with Gasteiger partial charge in [-0.05, 0) is 65.2 Å². The van der Waals surface area contributed by atoms with Crippen molar-refractivity contribution in [1.29, 1.82) is 0 Å². The van der Waals surface area contributed by atoms with Gasteiger partial charge in [0, 0.05) is 37.9 Å². The molecule has 1 amide bonds. The Labute approximate surface area is 200 Å². The second-order valence-electron chi connectivity index (χ2n) is 10.4. The van der Waals surface area contributed by atoms with Gasteiger partial charge in [0.25, 0.3) is 0 Å². The van der Waals surface area contributed by atoms with Gasteiger partial charge < -0.3 is 19.9 Å². The van der Waals surface area contributed by atoms with E-state index in [1.165, 1.54) is 0 Å². The van der Waals surface area contributed by atoms with Crippen LogP contribution in [0.1, 0.15) is 58.6 Å². The fourth-order valence-electron chi connectivity index (χ4n) is 4.81. The summed E-state index contributed by atoms with van der Waals surface area (Å²) in [5.74, 6) is 1.84. The summed E-state index contributed by atoms with van der Waals surface area (Å²) in [4.78, 5) is 25.6. The average Bonchev–Trinajstić information content (AvgIpc) is 3.35. The van der Waals surface area contributed by atoms with Crippen LogP contribution in [-0.2, 0) is 4.74 Å². The van der Waals surface area contributed by atoms with Crippen molar-refractivity contribution in [2.45, 2.75) is 71.4 Å². The average molecular weight is 476 g/mol. The monoisotopic (exact) mass is 475 g/mol. The molecule has 9 nitrogen and oxygen atoms in total. The van der Waals surface area contributed by atoms with Gasteiger partial charge in [0.15, 0.2) is 11.6 Å². The molecular formula is C23H34ClN7O2. The third kappa shape index (κ3) is 5.51. The van der Waals surface area contributed by atoms with Gasteiger partial charge in [-0.15, -0.1) is 0 Å². The Bertz CT molecular complexity index is 995. The molecule has 2 aromatic heterocycles. The number of anilines is 3. The minimum Gasteiger partial charge on any atom is -0.444 e. The number of carbonyl (C=O) groups excluding carboxylic acids is 1. The number of hydrogen-bond donors (Lipinski definition) is 2. The van der Waals surface area contributed by atoms with E-state index in [4.69, 9.17) is 16.3 Å². The lowest BCUT2D eigenvalue weighted by molar-refractivity contribution is 0.0261. The Morgan fingerprint density at radius 3 is 2.70 bits per heavy atom. The Morgan fingerprint density at radius 1 is 1.33 bits per heavy atom. The number of ether oxygens (including phenoxy) is 1. The van der Waals surface area contributed by atoms with Gasteiger partial charge >= 0.3 is 6.09 Å². The molecule has 2 aromatic rings. The summed E-state index contributed by atoms with van der Waals surface area (Å²) in [6.07, 6.45) is 6.69. The third-order valence-electron chi connectivity index (χ3n) is 6.65. The van der Waals surface area contributed by atoms with Gasteiger partial charge in [-0.25, -0.2) is 9.78 Å².